The summed E-state index contributed by atoms with van der Waals surface area (Å²) in [5.74, 6) is -0.0744. The Morgan fingerprint density at radius 3 is 2.57 bits per heavy atom. The van der Waals surface area contributed by atoms with Gasteiger partial charge in [-0.25, -0.2) is 4.98 Å². The first kappa shape index (κ1) is 23.6. The van der Waals surface area contributed by atoms with Crippen molar-refractivity contribution < 1.29 is 9.59 Å². The molecule has 178 valence electrons. The molecule has 3 aromatic rings. The predicted octanol–water partition coefficient (Wildman–Crippen LogP) is 1.29. The first-order valence-corrected chi connectivity index (χ1v) is 11.2. The summed E-state index contributed by atoms with van der Waals surface area (Å²) >= 11 is 0. The van der Waals surface area contributed by atoms with E-state index in [2.05, 4.69) is 35.5 Å². The molecule has 0 bridgehead atoms. The molecule has 3 aromatic heterocycles. The summed E-state index contributed by atoms with van der Waals surface area (Å²) in [6.45, 7) is 1.47. The van der Waals surface area contributed by atoms with Crippen LogP contribution in [0.15, 0.2) is 49.2 Å². The molecule has 4 heterocycles. The minimum absolute atomic E-state index is 0.0438. The van der Waals surface area contributed by atoms with Gasteiger partial charge in [-0.1, -0.05) is 0 Å². The van der Waals surface area contributed by atoms with Crippen LogP contribution in [0.1, 0.15) is 44.9 Å². The number of amides is 2. The van der Waals surface area contributed by atoms with E-state index < -0.39 is 5.91 Å². The van der Waals surface area contributed by atoms with Crippen LogP contribution >= 0.6 is 0 Å². The van der Waals surface area contributed by atoms with E-state index in [0.29, 0.717) is 23.2 Å². The van der Waals surface area contributed by atoms with Crippen molar-refractivity contribution in [1.29, 1.82) is 5.26 Å². The van der Waals surface area contributed by atoms with E-state index >= 15 is 0 Å². The zero-order chi connectivity index (χ0) is 24.6. The van der Waals surface area contributed by atoms with Crippen LogP contribution in [0.4, 0.5) is 11.5 Å². The number of primary amides is 1. The third kappa shape index (κ3) is 6.05. The third-order valence-corrected chi connectivity index (χ3v) is 5.72. The van der Waals surface area contributed by atoms with E-state index in [9.17, 15) is 9.59 Å². The van der Waals surface area contributed by atoms with Crippen LogP contribution in [0, 0.1) is 11.3 Å². The van der Waals surface area contributed by atoms with Gasteiger partial charge >= 0.3 is 0 Å². The highest BCUT2D eigenvalue weighted by Crippen LogP contribution is 2.24. The Labute approximate surface area is 202 Å². The van der Waals surface area contributed by atoms with Gasteiger partial charge in [0.05, 0.1) is 28.6 Å². The van der Waals surface area contributed by atoms with Crippen molar-refractivity contribution >= 4 is 23.3 Å². The Morgan fingerprint density at radius 2 is 1.91 bits per heavy atom. The molecule has 0 aliphatic carbocycles. The molecule has 2 amide bonds. The normalized spacial score (nSPS) is 13.6. The lowest BCUT2D eigenvalue weighted by atomic mass is 10.0. The lowest BCUT2D eigenvalue weighted by molar-refractivity contribution is 0.0956. The van der Waals surface area contributed by atoms with Crippen molar-refractivity contribution in [2.24, 2.45) is 5.73 Å². The van der Waals surface area contributed by atoms with Crippen LogP contribution in [0.2, 0.25) is 0 Å². The Balaban J connectivity index is 1.38. The van der Waals surface area contributed by atoms with Gasteiger partial charge in [0.2, 0.25) is 0 Å². The highest BCUT2D eigenvalue weighted by molar-refractivity contribution is 5.98. The lowest BCUT2D eigenvalue weighted by Gasteiger charge is -2.34. The summed E-state index contributed by atoms with van der Waals surface area (Å²) < 4.78 is 0. The second-order valence-electron chi connectivity index (χ2n) is 8.11. The van der Waals surface area contributed by atoms with Gasteiger partial charge < -0.3 is 21.3 Å². The maximum absolute atomic E-state index is 12.0. The largest absolute Gasteiger partial charge is 0.381 e. The number of hydrogen-bond acceptors (Lipinski definition) is 9. The second-order valence-corrected chi connectivity index (χ2v) is 8.11. The third-order valence-electron chi connectivity index (χ3n) is 5.72. The van der Waals surface area contributed by atoms with Crippen molar-refractivity contribution in [2.75, 3.05) is 29.9 Å². The van der Waals surface area contributed by atoms with Crippen LogP contribution in [0.3, 0.4) is 0 Å². The lowest BCUT2D eigenvalue weighted by Crippen LogP contribution is -2.40. The average Bonchev–Trinajstić information content (AvgIpc) is 2.88. The summed E-state index contributed by atoms with van der Waals surface area (Å²) in [5, 5.41) is 14.6. The maximum Gasteiger partial charge on any atom is 0.253 e. The monoisotopic (exact) mass is 471 g/mol. The van der Waals surface area contributed by atoms with E-state index in [-0.39, 0.29) is 18.5 Å². The zero-order valence-corrected chi connectivity index (χ0v) is 19.0. The molecule has 4 rings (SSSR count). The fourth-order valence-electron chi connectivity index (χ4n) is 3.92. The number of piperidine rings is 1. The van der Waals surface area contributed by atoms with Gasteiger partial charge in [0.15, 0.2) is 0 Å². The van der Waals surface area contributed by atoms with Gasteiger partial charge in [0, 0.05) is 62.2 Å². The molecule has 11 heteroatoms. The summed E-state index contributed by atoms with van der Waals surface area (Å²) in [7, 11) is 0. The Morgan fingerprint density at radius 1 is 1.09 bits per heavy atom. The number of rotatable bonds is 8. The van der Waals surface area contributed by atoms with E-state index in [1.807, 2.05) is 18.2 Å². The summed E-state index contributed by atoms with van der Waals surface area (Å²) in [6.07, 6.45) is 10.1. The fourth-order valence-corrected chi connectivity index (χ4v) is 3.92. The molecule has 0 saturated carbocycles. The van der Waals surface area contributed by atoms with Crippen molar-refractivity contribution in [3.05, 3.63) is 71.7 Å². The van der Waals surface area contributed by atoms with Gasteiger partial charge in [-0.15, -0.1) is 0 Å². The van der Waals surface area contributed by atoms with Gasteiger partial charge in [0.25, 0.3) is 11.8 Å². The molecule has 35 heavy (non-hydrogen) atoms. The minimum atomic E-state index is -0.536. The SMILES string of the molecule is N#CCNC(=O)c1ccc(N2CCC(Nc3cc(Cc4cnccn4)ncc3C(N)=O)CC2)nc1. The molecular formula is C24H25N9O2. The zero-order valence-electron chi connectivity index (χ0n) is 19.0. The first-order valence-electron chi connectivity index (χ1n) is 11.2. The van der Waals surface area contributed by atoms with E-state index in [4.69, 9.17) is 11.0 Å². The van der Waals surface area contributed by atoms with Crippen molar-refractivity contribution in [3.8, 4) is 6.07 Å². The Kier molecular flexibility index (Phi) is 7.42. The van der Waals surface area contributed by atoms with Crippen LogP contribution in [-0.2, 0) is 6.42 Å². The van der Waals surface area contributed by atoms with E-state index in [1.165, 1.54) is 12.4 Å². The van der Waals surface area contributed by atoms with E-state index in [1.54, 1.807) is 24.7 Å². The molecule has 0 spiro atoms. The first-order chi connectivity index (χ1) is 17.0. The molecule has 1 aliphatic heterocycles. The number of nitrogens with zero attached hydrogens (tertiary/aromatic N) is 6. The smallest absolute Gasteiger partial charge is 0.253 e. The van der Waals surface area contributed by atoms with Crippen LogP contribution in [0.25, 0.3) is 0 Å². The number of anilines is 2. The van der Waals surface area contributed by atoms with Crippen molar-refractivity contribution in [3.63, 3.8) is 0 Å². The number of nitrogens with two attached hydrogens (primary N) is 1. The highest BCUT2D eigenvalue weighted by Gasteiger charge is 2.22. The molecule has 0 unspecified atom stereocenters. The van der Waals surface area contributed by atoms with Crippen molar-refractivity contribution in [1.82, 2.24) is 25.3 Å². The van der Waals surface area contributed by atoms with Gasteiger partial charge in [0.1, 0.15) is 12.4 Å². The molecule has 0 atom stereocenters. The number of carbonyl (C=O) groups excluding carboxylic acids is 2. The minimum Gasteiger partial charge on any atom is -0.381 e. The summed E-state index contributed by atoms with van der Waals surface area (Å²) in [6, 6.07) is 7.38. The molecular weight excluding hydrogens is 446 g/mol. The standard InChI is InChI=1S/C24H25N9O2/c25-5-6-29-24(35)16-1-2-22(31-13-16)33-9-3-17(4-10-33)32-21-12-18(30-15-20(21)23(26)34)11-19-14-27-7-8-28-19/h1-2,7-8,12-15,17H,3-4,6,9-11H2,(H2,26,34)(H,29,35)(H,30,32). The van der Waals surface area contributed by atoms with Crippen LogP contribution < -0.4 is 21.3 Å². The number of aromatic nitrogens is 4. The molecule has 0 aromatic carbocycles. The quantitative estimate of drug-likeness (QED) is 0.411. The Bertz CT molecular complexity index is 1220. The number of nitriles is 1. The van der Waals surface area contributed by atoms with Crippen LogP contribution in [-0.4, -0.2) is 57.4 Å². The van der Waals surface area contributed by atoms with Gasteiger partial charge in [-0.3, -0.25) is 24.5 Å². The second kappa shape index (κ2) is 11.0. The van der Waals surface area contributed by atoms with Gasteiger partial charge in [-0.05, 0) is 31.0 Å². The number of nitrogens with one attached hydrogen (secondary N) is 2. The van der Waals surface area contributed by atoms with Crippen LogP contribution in [0.5, 0.6) is 0 Å². The molecule has 0 radical (unpaired) electrons. The topological polar surface area (TPSA) is 163 Å². The number of pyridine rings is 2. The molecule has 1 aliphatic rings. The number of hydrogen-bond donors (Lipinski definition) is 3. The highest BCUT2D eigenvalue weighted by atomic mass is 16.2. The average molecular weight is 472 g/mol. The summed E-state index contributed by atoms with van der Waals surface area (Å²) in [4.78, 5) is 43.2. The molecule has 4 N–H and O–H groups in total. The fraction of sp³-hybridized carbons (Fsp3) is 0.292. The molecule has 1 saturated heterocycles. The molecule has 11 nitrogen and oxygen atoms in total. The van der Waals surface area contributed by atoms with Gasteiger partial charge in [-0.2, -0.15) is 5.26 Å². The Hall–Kier alpha value is -4.59. The van der Waals surface area contributed by atoms with Crippen molar-refractivity contribution in [2.45, 2.75) is 25.3 Å². The van der Waals surface area contributed by atoms with E-state index in [0.717, 1.165) is 43.1 Å². The maximum atomic E-state index is 12.0. The molecule has 1 fully saturated rings. The predicted molar refractivity (Wildman–Crippen MR) is 129 cm³/mol. The number of carbonyl (C=O) groups is 2. The summed E-state index contributed by atoms with van der Waals surface area (Å²) in [5.41, 5.74) is 8.55.